The van der Waals surface area contributed by atoms with Gasteiger partial charge >= 0.3 is 0 Å². The van der Waals surface area contributed by atoms with Gasteiger partial charge in [0.25, 0.3) is 0 Å². The van der Waals surface area contributed by atoms with Crippen molar-refractivity contribution in [3.63, 3.8) is 0 Å². The molecule has 1 aliphatic carbocycles. The van der Waals surface area contributed by atoms with Crippen LogP contribution in [0.15, 0.2) is 0 Å². The topological polar surface area (TPSA) is 41.5 Å². The number of nitrogens with one attached hydrogen (secondary N) is 1. The van der Waals surface area contributed by atoms with E-state index in [1.165, 1.54) is 38.5 Å². The predicted octanol–water partition coefficient (Wildman–Crippen LogP) is 2.09. The summed E-state index contributed by atoms with van der Waals surface area (Å²) in [6.45, 7) is 5.30. The van der Waals surface area contributed by atoms with Gasteiger partial charge in [-0.15, -0.1) is 0 Å². The van der Waals surface area contributed by atoms with E-state index in [0.717, 1.165) is 26.1 Å². The minimum Gasteiger partial charge on any atom is -0.396 e. The van der Waals surface area contributed by atoms with Gasteiger partial charge in [-0.1, -0.05) is 19.3 Å². The van der Waals surface area contributed by atoms with Crippen LogP contribution in [-0.4, -0.2) is 37.0 Å². The molecule has 0 aromatic heterocycles. The highest BCUT2D eigenvalue weighted by Gasteiger charge is 2.33. The zero-order chi connectivity index (χ0) is 12.2. The minimum absolute atomic E-state index is 0.0330. The summed E-state index contributed by atoms with van der Waals surface area (Å²) >= 11 is 0. The van der Waals surface area contributed by atoms with E-state index in [4.69, 9.17) is 4.74 Å². The lowest BCUT2D eigenvalue weighted by molar-refractivity contribution is 0.0137. The summed E-state index contributed by atoms with van der Waals surface area (Å²) in [6.07, 6.45) is 8.58. The molecule has 0 spiro atoms. The highest BCUT2D eigenvalue weighted by molar-refractivity contribution is 4.87. The zero-order valence-corrected chi connectivity index (χ0v) is 11.1. The van der Waals surface area contributed by atoms with Crippen molar-refractivity contribution in [3.05, 3.63) is 0 Å². The van der Waals surface area contributed by atoms with Crippen LogP contribution in [0.2, 0.25) is 0 Å². The van der Waals surface area contributed by atoms with Crippen molar-refractivity contribution in [1.82, 2.24) is 5.32 Å². The van der Waals surface area contributed by atoms with Gasteiger partial charge in [0.1, 0.15) is 0 Å². The van der Waals surface area contributed by atoms with Gasteiger partial charge in [0.2, 0.25) is 0 Å². The fourth-order valence-electron chi connectivity index (χ4n) is 3.26. The average molecular weight is 241 g/mol. The standard InChI is InChI=1S/C14H27NO2/c1-13(6-5-9-17-13)10-15-11-14(12-16)7-3-2-4-8-14/h15-16H,2-12H2,1H3. The Morgan fingerprint density at radius 3 is 2.41 bits per heavy atom. The first-order valence-corrected chi connectivity index (χ1v) is 7.14. The number of aliphatic hydroxyl groups excluding tert-OH is 1. The molecule has 1 heterocycles. The molecule has 2 fully saturated rings. The molecule has 1 aliphatic heterocycles. The van der Waals surface area contributed by atoms with E-state index in [1.54, 1.807) is 0 Å². The molecule has 0 amide bonds. The second kappa shape index (κ2) is 5.68. The maximum Gasteiger partial charge on any atom is 0.0779 e. The van der Waals surface area contributed by atoms with Gasteiger partial charge < -0.3 is 15.2 Å². The molecule has 1 saturated carbocycles. The van der Waals surface area contributed by atoms with Crippen LogP contribution in [-0.2, 0) is 4.74 Å². The molecule has 1 unspecified atom stereocenters. The van der Waals surface area contributed by atoms with E-state index in [1.807, 2.05) is 0 Å². The Balaban J connectivity index is 1.75. The molecular weight excluding hydrogens is 214 g/mol. The molecule has 2 N–H and O–H groups in total. The van der Waals surface area contributed by atoms with Crippen molar-refractivity contribution < 1.29 is 9.84 Å². The maximum atomic E-state index is 9.63. The van der Waals surface area contributed by atoms with E-state index in [-0.39, 0.29) is 11.0 Å². The number of rotatable bonds is 5. The monoisotopic (exact) mass is 241 g/mol. The smallest absolute Gasteiger partial charge is 0.0779 e. The second-order valence-corrected chi connectivity index (χ2v) is 6.22. The number of aliphatic hydroxyl groups is 1. The highest BCUT2D eigenvalue weighted by atomic mass is 16.5. The first-order valence-electron chi connectivity index (χ1n) is 7.14. The van der Waals surface area contributed by atoms with Crippen molar-refractivity contribution in [2.24, 2.45) is 5.41 Å². The molecule has 0 radical (unpaired) electrons. The summed E-state index contributed by atoms with van der Waals surface area (Å²) in [7, 11) is 0. The summed E-state index contributed by atoms with van der Waals surface area (Å²) in [5, 5.41) is 13.2. The fourth-order valence-corrected chi connectivity index (χ4v) is 3.26. The van der Waals surface area contributed by atoms with Crippen LogP contribution in [0.4, 0.5) is 0 Å². The van der Waals surface area contributed by atoms with Gasteiger partial charge in [-0.25, -0.2) is 0 Å². The Kier molecular flexibility index (Phi) is 4.45. The van der Waals surface area contributed by atoms with Crippen LogP contribution >= 0.6 is 0 Å². The van der Waals surface area contributed by atoms with E-state index >= 15 is 0 Å². The van der Waals surface area contributed by atoms with E-state index in [2.05, 4.69) is 12.2 Å². The van der Waals surface area contributed by atoms with Gasteiger partial charge in [0.15, 0.2) is 0 Å². The molecule has 2 rings (SSSR count). The zero-order valence-electron chi connectivity index (χ0n) is 11.1. The molecule has 2 aliphatic rings. The third kappa shape index (κ3) is 3.43. The number of ether oxygens (including phenoxy) is 1. The molecule has 1 saturated heterocycles. The molecule has 3 heteroatoms. The van der Waals surface area contributed by atoms with Gasteiger partial charge in [-0.05, 0) is 32.6 Å². The SMILES string of the molecule is CC1(CNCC2(CO)CCCCC2)CCCO1. The van der Waals surface area contributed by atoms with Crippen LogP contribution < -0.4 is 5.32 Å². The third-order valence-electron chi connectivity index (χ3n) is 4.55. The number of hydrogen-bond donors (Lipinski definition) is 2. The molecule has 0 aromatic rings. The summed E-state index contributed by atoms with van der Waals surface area (Å²) < 4.78 is 5.77. The molecular formula is C14H27NO2. The Morgan fingerprint density at radius 1 is 1.06 bits per heavy atom. The Hall–Kier alpha value is -0.120. The summed E-state index contributed by atoms with van der Waals surface area (Å²) in [4.78, 5) is 0. The Labute approximate surface area is 105 Å². The van der Waals surface area contributed by atoms with Crippen molar-refractivity contribution in [2.45, 2.75) is 57.5 Å². The van der Waals surface area contributed by atoms with Crippen molar-refractivity contribution in [3.8, 4) is 0 Å². The van der Waals surface area contributed by atoms with Crippen LogP contribution in [0.3, 0.4) is 0 Å². The molecule has 1 atom stereocenters. The lowest BCUT2D eigenvalue weighted by atomic mass is 9.74. The van der Waals surface area contributed by atoms with Gasteiger partial charge in [0, 0.05) is 31.7 Å². The largest absolute Gasteiger partial charge is 0.396 e. The van der Waals surface area contributed by atoms with Gasteiger partial charge in [-0.3, -0.25) is 0 Å². The van der Waals surface area contributed by atoms with E-state index in [9.17, 15) is 5.11 Å². The minimum atomic E-state index is 0.0330. The first-order chi connectivity index (χ1) is 8.18. The lowest BCUT2D eigenvalue weighted by Crippen LogP contribution is -2.44. The summed E-state index contributed by atoms with van der Waals surface area (Å²) in [5.41, 5.74) is 0.179. The maximum absolute atomic E-state index is 9.63. The van der Waals surface area contributed by atoms with Crippen molar-refractivity contribution in [1.29, 1.82) is 0 Å². The molecule has 3 nitrogen and oxygen atoms in total. The average Bonchev–Trinajstić information content (AvgIpc) is 2.77. The van der Waals surface area contributed by atoms with Crippen molar-refractivity contribution in [2.75, 3.05) is 26.3 Å². The number of hydrogen-bond acceptors (Lipinski definition) is 3. The summed E-state index contributed by atoms with van der Waals surface area (Å²) in [5.74, 6) is 0. The normalized spacial score (nSPS) is 32.8. The second-order valence-electron chi connectivity index (χ2n) is 6.22. The Morgan fingerprint density at radius 2 is 1.82 bits per heavy atom. The molecule has 100 valence electrons. The van der Waals surface area contributed by atoms with Crippen molar-refractivity contribution >= 4 is 0 Å². The fraction of sp³-hybridized carbons (Fsp3) is 1.00. The van der Waals surface area contributed by atoms with E-state index in [0.29, 0.717) is 6.61 Å². The molecule has 0 bridgehead atoms. The van der Waals surface area contributed by atoms with Crippen LogP contribution in [0.25, 0.3) is 0 Å². The van der Waals surface area contributed by atoms with Gasteiger partial charge in [-0.2, -0.15) is 0 Å². The van der Waals surface area contributed by atoms with Crippen LogP contribution in [0.5, 0.6) is 0 Å². The lowest BCUT2D eigenvalue weighted by Gasteiger charge is -2.37. The molecule has 17 heavy (non-hydrogen) atoms. The van der Waals surface area contributed by atoms with Crippen LogP contribution in [0, 0.1) is 5.41 Å². The quantitative estimate of drug-likeness (QED) is 0.774. The Bertz CT molecular complexity index is 230. The highest BCUT2D eigenvalue weighted by Crippen LogP contribution is 2.35. The molecule has 0 aromatic carbocycles. The first kappa shape index (κ1) is 13.3. The predicted molar refractivity (Wildman–Crippen MR) is 69.1 cm³/mol. The van der Waals surface area contributed by atoms with Gasteiger partial charge in [0.05, 0.1) is 5.60 Å². The summed E-state index contributed by atoms with van der Waals surface area (Å²) in [6, 6.07) is 0. The van der Waals surface area contributed by atoms with E-state index < -0.39 is 0 Å². The van der Waals surface area contributed by atoms with Crippen LogP contribution in [0.1, 0.15) is 51.9 Å². The third-order valence-corrected chi connectivity index (χ3v) is 4.55.